The standard InChI is InChI=1S/C15H11BrClN3OS/c16-14-7-11(19-20-14)6-13(21)12-8-22-15(18-12)5-9-1-3-10(17)4-2-9/h1-4,7-8H,5-6H2,(H,19,20). The normalized spacial score (nSPS) is 10.8. The molecule has 0 radical (unpaired) electrons. The number of benzene rings is 1. The fourth-order valence-electron chi connectivity index (χ4n) is 1.98. The van der Waals surface area contributed by atoms with Crippen molar-refractivity contribution in [3.05, 3.63) is 67.3 Å². The summed E-state index contributed by atoms with van der Waals surface area (Å²) < 4.78 is 0.692. The Balaban J connectivity index is 1.67. The molecule has 0 fully saturated rings. The molecule has 0 saturated carbocycles. The maximum atomic E-state index is 12.2. The molecule has 0 saturated heterocycles. The van der Waals surface area contributed by atoms with E-state index in [2.05, 4.69) is 31.1 Å². The van der Waals surface area contributed by atoms with Crippen LogP contribution in [-0.4, -0.2) is 21.0 Å². The topological polar surface area (TPSA) is 58.6 Å². The van der Waals surface area contributed by atoms with Crippen molar-refractivity contribution in [1.82, 2.24) is 15.2 Å². The van der Waals surface area contributed by atoms with Crippen LogP contribution in [0, 0.1) is 0 Å². The van der Waals surface area contributed by atoms with Crippen LogP contribution in [0.25, 0.3) is 0 Å². The Labute approximate surface area is 144 Å². The molecule has 0 aliphatic carbocycles. The van der Waals surface area contributed by atoms with Gasteiger partial charge in [-0.25, -0.2) is 4.98 Å². The third kappa shape index (κ3) is 3.82. The summed E-state index contributed by atoms with van der Waals surface area (Å²) in [5, 5.41) is 10.2. The molecule has 0 amide bonds. The molecular weight excluding hydrogens is 386 g/mol. The van der Waals surface area contributed by atoms with Gasteiger partial charge in [0.2, 0.25) is 0 Å². The molecular formula is C15H11BrClN3OS. The molecule has 4 nitrogen and oxygen atoms in total. The number of carbonyl (C=O) groups is 1. The summed E-state index contributed by atoms with van der Waals surface area (Å²) in [4.78, 5) is 16.6. The van der Waals surface area contributed by atoms with Crippen LogP contribution >= 0.6 is 38.9 Å². The van der Waals surface area contributed by atoms with Crippen molar-refractivity contribution in [2.45, 2.75) is 12.8 Å². The van der Waals surface area contributed by atoms with Gasteiger partial charge in [-0.05, 0) is 39.7 Å². The minimum Gasteiger partial charge on any atom is -0.292 e. The molecule has 1 aromatic carbocycles. The van der Waals surface area contributed by atoms with Crippen molar-refractivity contribution < 1.29 is 4.79 Å². The summed E-state index contributed by atoms with van der Waals surface area (Å²) in [5.41, 5.74) is 2.39. The monoisotopic (exact) mass is 395 g/mol. The minimum atomic E-state index is -0.0187. The van der Waals surface area contributed by atoms with Gasteiger partial charge in [0, 0.05) is 22.5 Å². The Morgan fingerprint density at radius 3 is 2.77 bits per heavy atom. The van der Waals surface area contributed by atoms with E-state index < -0.39 is 0 Å². The van der Waals surface area contributed by atoms with Gasteiger partial charge in [-0.2, -0.15) is 5.10 Å². The number of H-pyrrole nitrogens is 1. The Hall–Kier alpha value is -1.50. The van der Waals surface area contributed by atoms with E-state index in [4.69, 9.17) is 11.6 Å². The lowest BCUT2D eigenvalue weighted by molar-refractivity contribution is 0.0987. The molecule has 0 atom stereocenters. The Bertz CT molecular complexity index is 797. The van der Waals surface area contributed by atoms with Crippen LogP contribution in [-0.2, 0) is 12.8 Å². The zero-order chi connectivity index (χ0) is 15.5. The van der Waals surface area contributed by atoms with Gasteiger partial charge in [0.05, 0.1) is 11.4 Å². The number of nitrogens with zero attached hydrogens (tertiary/aromatic N) is 2. The van der Waals surface area contributed by atoms with Gasteiger partial charge in [-0.3, -0.25) is 9.89 Å². The van der Waals surface area contributed by atoms with Crippen molar-refractivity contribution >= 4 is 44.7 Å². The third-order valence-corrected chi connectivity index (χ3v) is 4.56. The van der Waals surface area contributed by atoms with Crippen LogP contribution < -0.4 is 0 Å². The summed E-state index contributed by atoms with van der Waals surface area (Å²) >= 11 is 10.6. The lowest BCUT2D eigenvalue weighted by atomic mass is 10.1. The number of thiazole rings is 1. The number of Topliss-reactive ketones (excluding diaryl/α,β-unsaturated/α-hetero) is 1. The molecule has 7 heteroatoms. The van der Waals surface area contributed by atoms with Gasteiger partial charge < -0.3 is 0 Å². The van der Waals surface area contributed by atoms with Crippen molar-refractivity contribution in [3.8, 4) is 0 Å². The molecule has 3 aromatic rings. The molecule has 1 N–H and O–H groups in total. The van der Waals surface area contributed by atoms with Crippen molar-refractivity contribution in [3.63, 3.8) is 0 Å². The summed E-state index contributed by atoms with van der Waals surface area (Å²) in [5.74, 6) is -0.0187. The number of ketones is 1. The predicted molar refractivity (Wildman–Crippen MR) is 90.7 cm³/mol. The second-order valence-corrected chi connectivity index (χ2v) is 6.94. The van der Waals surface area contributed by atoms with Crippen molar-refractivity contribution in [1.29, 1.82) is 0 Å². The number of halogens is 2. The van der Waals surface area contributed by atoms with Gasteiger partial charge in [0.1, 0.15) is 10.3 Å². The van der Waals surface area contributed by atoms with E-state index in [0.717, 1.165) is 16.3 Å². The first-order valence-corrected chi connectivity index (χ1v) is 8.57. The molecule has 0 spiro atoms. The summed E-state index contributed by atoms with van der Waals surface area (Å²) in [6, 6.07) is 9.43. The second kappa shape index (κ2) is 6.73. The molecule has 3 rings (SSSR count). The molecule has 0 aliphatic rings. The average Bonchev–Trinajstić information content (AvgIpc) is 3.11. The van der Waals surface area contributed by atoms with E-state index in [0.29, 0.717) is 21.7 Å². The minimum absolute atomic E-state index is 0.0187. The van der Waals surface area contributed by atoms with Crippen LogP contribution in [0.1, 0.15) is 26.8 Å². The maximum absolute atomic E-state index is 12.2. The van der Waals surface area contributed by atoms with Crippen LogP contribution in [0.2, 0.25) is 5.02 Å². The van der Waals surface area contributed by atoms with E-state index in [1.165, 1.54) is 11.3 Å². The highest BCUT2D eigenvalue weighted by atomic mass is 79.9. The van der Waals surface area contributed by atoms with E-state index in [-0.39, 0.29) is 12.2 Å². The highest BCUT2D eigenvalue weighted by molar-refractivity contribution is 9.10. The lowest BCUT2D eigenvalue weighted by Gasteiger charge is -1.98. The zero-order valence-corrected chi connectivity index (χ0v) is 14.5. The average molecular weight is 397 g/mol. The quantitative estimate of drug-likeness (QED) is 0.654. The second-order valence-electron chi connectivity index (χ2n) is 4.75. The highest BCUT2D eigenvalue weighted by Gasteiger charge is 2.13. The molecule has 112 valence electrons. The van der Waals surface area contributed by atoms with Gasteiger partial charge >= 0.3 is 0 Å². The third-order valence-electron chi connectivity index (χ3n) is 3.06. The molecule has 0 bridgehead atoms. The SMILES string of the molecule is O=C(Cc1cc(Br)n[nH]1)c1csc(Cc2ccc(Cl)cc2)n1. The van der Waals surface area contributed by atoms with E-state index in [1.54, 1.807) is 11.4 Å². The first-order chi connectivity index (χ1) is 10.6. The molecule has 2 heterocycles. The molecule has 0 aliphatic heterocycles. The van der Waals surface area contributed by atoms with Crippen LogP contribution in [0.4, 0.5) is 0 Å². The lowest BCUT2D eigenvalue weighted by Crippen LogP contribution is -2.04. The largest absolute Gasteiger partial charge is 0.292 e. The van der Waals surface area contributed by atoms with Crippen molar-refractivity contribution in [2.24, 2.45) is 0 Å². The molecule has 22 heavy (non-hydrogen) atoms. The van der Waals surface area contributed by atoms with Gasteiger partial charge in [0.15, 0.2) is 5.78 Å². The zero-order valence-electron chi connectivity index (χ0n) is 11.3. The smallest absolute Gasteiger partial charge is 0.187 e. The summed E-state index contributed by atoms with van der Waals surface area (Å²) in [6.07, 6.45) is 0.966. The maximum Gasteiger partial charge on any atom is 0.187 e. The number of aromatic amines is 1. The number of hydrogen-bond acceptors (Lipinski definition) is 4. The Kier molecular flexibility index (Phi) is 4.71. The van der Waals surface area contributed by atoms with Crippen LogP contribution in [0.15, 0.2) is 40.3 Å². The first kappa shape index (κ1) is 15.4. The number of rotatable bonds is 5. The summed E-state index contributed by atoms with van der Waals surface area (Å²) in [7, 11) is 0. The predicted octanol–water partition coefficient (Wildman–Crippen LogP) is 4.30. The van der Waals surface area contributed by atoms with E-state index in [9.17, 15) is 4.79 Å². The van der Waals surface area contributed by atoms with Crippen LogP contribution in [0.3, 0.4) is 0 Å². The number of hydrogen-bond donors (Lipinski definition) is 1. The Morgan fingerprint density at radius 2 is 2.09 bits per heavy atom. The fraction of sp³-hybridized carbons (Fsp3) is 0.133. The van der Waals surface area contributed by atoms with Crippen molar-refractivity contribution in [2.75, 3.05) is 0 Å². The van der Waals surface area contributed by atoms with Gasteiger partial charge in [-0.15, -0.1) is 11.3 Å². The summed E-state index contributed by atoms with van der Waals surface area (Å²) in [6.45, 7) is 0. The van der Waals surface area contributed by atoms with E-state index in [1.807, 2.05) is 24.3 Å². The van der Waals surface area contributed by atoms with E-state index >= 15 is 0 Å². The molecule has 0 unspecified atom stereocenters. The number of aromatic nitrogens is 3. The highest BCUT2D eigenvalue weighted by Crippen LogP contribution is 2.18. The van der Waals surface area contributed by atoms with Gasteiger partial charge in [0.25, 0.3) is 0 Å². The number of carbonyl (C=O) groups excluding carboxylic acids is 1. The van der Waals surface area contributed by atoms with Gasteiger partial charge in [-0.1, -0.05) is 23.7 Å². The first-order valence-electron chi connectivity index (χ1n) is 6.52. The number of nitrogens with one attached hydrogen (secondary N) is 1. The fourth-order valence-corrected chi connectivity index (χ4v) is 3.31. The Morgan fingerprint density at radius 1 is 1.32 bits per heavy atom. The molecule has 2 aromatic heterocycles. The van der Waals surface area contributed by atoms with Crippen LogP contribution in [0.5, 0.6) is 0 Å².